The molecule has 0 aliphatic rings. The number of nitrogens with zero attached hydrogens (tertiary/aromatic N) is 1. The highest BCUT2D eigenvalue weighted by atomic mass is 16.5. The maximum absolute atomic E-state index is 12.0. The zero-order valence-electron chi connectivity index (χ0n) is 13.3. The molecule has 0 aromatic heterocycles. The Morgan fingerprint density at radius 3 is 2.48 bits per heavy atom. The second kappa shape index (κ2) is 9.53. The van der Waals surface area contributed by atoms with Gasteiger partial charge in [-0.2, -0.15) is 0 Å². The van der Waals surface area contributed by atoms with Crippen molar-refractivity contribution in [2.45, 2.75) is 39.8 Å². The van der Waals surface area contributed by atoms with Gasteiger partial charge in [0.1, 0.15) is 6.61 Å². The Bertz CT molecular complexity index is 406. The number of hydrogen-bond acceptors (Lipinski definition) is 4. The lowest BCUT2D eigenvalue weighted by Crippen LogP contribution is -2.38. The molecule has 0 bridgehead atoms. The van der Waals surface area contributed by atoms with Crippen LogP contribution in [-0.4, -0.2) is 41.7 Å². The van der Waals surface area contributed by atoms with Gasteiger partial charge in [-0.3, -0.25) is 4.79 Å². The fourth-order valence-corrected chi connectivity index (χ4v) is 2.13. The number of hydrogen-bond donors (Lipinski definition) is 1. The number of benzene rings is 1. The highest BCUT2D eigenvalue weighted by molar-refractivity contribution is 5.72. The molecule has 1 rings (SSSR count). The van der Waals surface area contributed by atoms with Crippen LogP contribution >= 0.6 is 0 Å². The topological polar surface area (TPSA) is 49.8 Å². The lowest BCUT2D eigenvalue weighted by molar-refractivity contribution is -0.150. The van der Waals surface area contributed by atoms with Crippen LogP contribution in [0.4, 0.5) is 0 Å². The van der Waals surface area contributed by atoms with Crippen molar-refractivity contribution in [1.82, 2.24) is 4.90 Å². The molecule has 0 saturated heterocycles. The van der Waals surface area contributed by atoms with E-state index in [0.717, 1.165) is 18.5 Å². The third kappa shape index (κ3) is 6.74. The summed E-state index contributed by atoms with van der Waals surface area (Å²) in [7, 11) is 0. The first-order valence-corrected chi connectivity index (χ1v) is 7.60. The van der Waals surface area contributed by atoms with Crippen molar-refractivity contribution in [3.63, 3.8) is 0 Å². The third-order valence-electron chi connectivity index (χ3n) is 3.47. The molecule has 4 heteroatoms. The lowest BCUT2D eigenvalue weighted by Gasteiger charge is -2.28. The highest BCUT2D eigenvalue weighted by Crippen LogP contribution is 2.09. The molecule has 118 valence electrons. The monoisotopic (exact) mass is 293 g/mol. The summed E-state index contributed by atoms with van der Waals surface area (Å²) in [4.78, 5) is 14.2. The normalized spacial score (nSPS) is 12.7. The fraction of sp³-hybridized carbons (Fsp3) is 0.588. The van der Waals surface area contributed by atoms with Crippen molar-refractivity contribution in [2.24, 2.45) is 5.92 Å². The van der Waals surface area contributed by atoms with E-state index < -0.39 is 0 Å². The van der Waals surface area contributed by atoms with Gasteiger partial charge in [0.05, 0.1) is 5.92 Å². The van der Waals surface area contributed by atoms with E-state index in [9.17, 15) is 4.79 Å². The molecule has 4 nitrogen and oxygen atoms in total. The highest BCUT2D eigenvalue weighted by Gasteiger charge is 2.20. The number of esters is 1. The molecular formula is C17H27NO3. The van der Waals surface area contributed by atoms with Crippen molar-refractivity contribution in [3.05, 3.63) is 35.9 Å². The molecular weight excluding hydrogens is 266 g/mol. The Balaban J connectivity index is 2.41. The summed E-state index contributed by atoms with van der Waals surface area (Å²) < 4.78 is 5.36. The first-order chi connectivity index (χ1) is 10.0. The molecule has 0 aliphatic heterocycles. The molecule has 0 aliphatic carbocycles. The SMILES string of the molecule is CC(CN(CCCO)C(C)C)C(=O)OCc1ccccc1. The summed E-state index contributed by atoms with van der Waals surface area (Å²) in [6, 6.07) is 10.0. The van der Waals surface area contributed by atoms with Gasteiger partial charge in [0, 0.05) is 25.7 Å². The van der Waals surface area contributed by atoms with E-state index in [4.69, 9.17) is 9.84 Å². The molecule has 0 spiro atoms. The number of carbonyl (C=O) groups is 1. The van der Waals surface area contributed by atoms with E-state index in [0.29, 0.717) is 19.2 Å². The molecule has 1 unspecified atom stereocenters. The molecule has 0 amide bonds. The molecule has 0 fully saturated rings. The molecule has 1 aromatic rings. The van der Waals surface area contributed by atoms with Crippen molar-refractivity contribution in [2.75, 3.05) is 19.7 Å². The molecule has 0 radical (unpaired) electrons. The van der Waals surface area contributed by atoms with Crippen molar-refractivity contribution >= 4 is 5.97 Å². The number of rotatable bonds is 9. The van der Waals surface area contributed by atoms with Crippen molar-refractivity contribution < 1.29 is 14.6 Å². The molecule has 1 aromatic carbocycles. The van der Waals surface area contributed by atoms with E-state index in [1.165, 1.54) is 0 Å². The smallest absolute Gasteiger partial charge is 0.310 e. The average molecular weight is 293 g/mol. The second-order valence-corrected chi connectivity index (χ2v) is 5.66. The quantitative estimate of drug-likeness (QED) is 0.711. The summed E-state index contributed by atoms with van der Waals surface area (Å²) in [5.74, 6) is -0.344. The van der Waals surface area contributed by atoms with Crippen LogP contribution < -0.4 is 0 Å². The molecule has 21 heavy (non-hydrogen) atoms. The molecule has 1 atom stereocenters. The lowest BCUT2D eigenvalue weighted by atomic mass is 10.1. The van der Waals surface area contributed by atoms with E-state index in [1.54, 1.807) is 0 Å². The number of carbonyl (C=O) groups excluding carboxylic acids is 1. The predicted octanol–water partition coefficient (Wildman–Crippen LogP) is 2.46. The van der Waals surface area contributed by atoms with Crippen LogP contribution in [-0.2, 0) is 16.1 Å². The van der Waals surface area contributed by atoms with E-state index >= 15 is 0 Å². The van der Waals surface area contributed by atoms with Crippen LogP contribution in [0.1, 0.15) is 32.8 Å². The third-order valence-corrected chi connectivity index (χ3v) is 3.47. The summed E-state index contributed by atoms with van der Waals surface area (Å²) in [6.45, 7) is 8.04. The van der Waals surface area contributed by atoms with Crippen LogP contribution in [0.3, 0.4) is 0 Å². The molecule has 0 saturated carbocycles. The van der Waals surface area contributed by atoms with E-state index in [1.807, 2.05) is 37.3 Å². The van der Waals surface area contributed by atoms with Crippen molar-refractivity contribution in [1.29, 1.82) is 0 Å². The van der Waals surface area contributed by atoms with Gasteiger partial charge in [-0.15, -0.1) is 0 Å². The fourth-order valence-electron chi connectivity index (χ4n) is 2.13. The standard InChI is InChI=1S/C17H27NO3/c1-14(2)18(10-7-11-19)12-15(3)17(20)21-13-16-8-5-4-6-9-16/h4-6,8-9,14-15,19H,7,10-13H2,1-3H3. The first kappa shape index (κ1) is 17.7. The van der Waals surface area contributed by atoms with E-state index in [-0.39, 0.29) is 18.5 Å². The Hall–Kier alpha value is -1.39. The largest absolute Gasteiger partial charge is 0.461 e. The Morgan fingerprint density at radius 1 is 1.24 bits per heavy atom. The van der Waals surface area contributed by atoms with Crippen molar-refractivity contribution in [3.8, 4) is 0 Å². The molecule has 0 heterocycles. The minimum Gasteiger partial charge on any atom is -0.461 e. The second-order valence-electron chi connectivity index (χ2n) is 5.66. The summed E-state index contributed by atoms with van der Waals surface area (Å²) in [6.07, 6.45) is 0.726. The minimum absolute atomic E-state index is 0.171. The molecule has 1 N–H and O–H groups in total. The van der Waals surface area contributed by atoms with Crippen LogP contribution in [0.5, 0.6) is 0 Å². The summed E-state index contributed by atoms with van der Waals surface area (Å²) >= 11 is 0. The first-order valence-electron chi connectivity index (χ1n) is 7.60. The minimum atomic E-state index is -0.173. The van der Waals surface area contributed by atoms with Crippen LogP contribution in [0.15, 0.2) is 30.3 Å². The number of aliphatic hydroxyl groups is 1. The van der Waals surface area contributed by atoms with Gasteiger partial charge >= 0.3 is 5.97 Å². The summed E-state index contributed by atoms with van der Waals surface area (Å²) in [5.41, 5.74) is 0.999. The summed E-state index contributed by atoms with van der Waals surface area (Å²) in [5, 5.41) is 8.93. The number of aliphatic hydroxyl groups excluding tert-OH is 1. The van der Waals surface area contributed by atoms with Crippen LogP contribution in [0.25, 0.3) is 0 Å². The van der Waals surface area contributed by atoms with E-state index in [2.05, 4.69) is 18.7 Å². The van der Waals surface area contributed by atoms with Gasteiger partial charge in [0.2, 0.25) is 0 Å². The average Bonchev–Trinajstić information content (AvgIpc) is 2.49. The zero-order chi connectivity index (χ0) is 15.7. The zero-order valence-corrected chi connectivity index (χ0v) is 13.3. The van der Waals surface area contributed by atoms with Gasteiger partial charge < -0.3 is 14.7 Å². The Morgan fingerprint density at radius 2 is 1.90 bits per heavy atom. The Kier molecular flexibility index (Phi) is 8.01. The maximum atomic E-state index is 12.0. The maximum Gasteiger partial charge on any atom is 0.310 e. The van der Waals surface area contributed by atoms with Gasteiger partial charge in [0.15, 0.2) is 0 Å². The van der Waals surface area contributed by atoms with Crippen LogP contribution in [0, 0.1) is 5.92 Å². The van der Waals surface area contributed by atoms with Gasteiger partial charge in [-0.25, -0.2) is 0 Å². The van der Waals surface area contributed by atoms with Gasteiger partial charge in [0.25, 0.3) is 0 Å². The van der Waals surface area contributed by atoms with Crippen LogP contribution in [0.2, 0.25) is 0 Å². The van der Waals surface area contributed by atoms with Gasteiger partial charge in [-0.1, -0.05) is 37.3 Å². The van der Waals surface area contributed by atoms with Gasteiger partial charge in [-0.05, 0) is 25.8 Å². The Labute approximate surface area is 127 Å². The predicted molar refractivity (Wildman–Crippen MR) is 83.8 cm³/mol. The number of ether oxygens (including phenoxy) is 1.